The minimum absolute atomic E-state index is 0.0712. The van der Waals surface area contributed by atoms with Crippen molar-refractivity contribution in [3.63, 3.8) is 0 Å². The van der Waals surface area contributed by atoms with Crippen molar-refractivity contribution in [3.05, 3.63) is 29.8 Å². The molecule has 0 saturated carbocycles. The van der Waals surface area contributed by atoms with Crippen molar-refractivity contribution in [2.24, 2.45) is 10.7 Å². The summed E-state index contributed by atoms with van der Waals surface area (Å²) >= 11 is 0. The van der Waals surface area contributed by atoms with Gasteiger partial charge in [0.05, 0.1) is 12.6 Å². The summed E-state index contributed by atoms with van der Waals surface area (Å²) in [6.45, 7) is 6.88. The molecule has 0 spiro atoms. The third-order valence-electron chi connectivity index (χ3n) is 2.72. The molecule has 0 amide bonds. The van der Waals surface area contributed by atoms with Gasteiger partial charge in [-0.2, -0.15) is 0 Å². The van der Waals surface area contributed by atoms with Gasteiger partial charge in [-0.15, -0.1) is 0 Å². The number of hydrogen-bond donors (Lipinski definition) is 2. The lowest BCUT2D eigenvalue weighted by molar-refractivity contribution is 0.269. The number of guanidine groups is 1. The van der Waals surface area contributed by atoms with E-state index in [-0.39, 0.29) is 11.6 Å². The molecule has 1 aliphatic rings. The molecule has 1 atom stereocenters. The van der Waals surface area contributed by atoms with Gasteiger partial charge in [0, 0.05) is 17.5 Å². The molecule has 1 aromatic carbocycles. The molecular formula is C14H21N3O. The number of para-hydroxylation sites is 1. The van der Waals surface area contributed by atoms with Gasteiger partial charge in [0.1, 0.15) is 5.75 Å². The molecule has 1 aliphatic heterocycles. The van der Waals surface area contributed by atoms with Gasteiger partial charge in [0.15, 0.2) is 5.96 Å². The second kappa shape index (κ2) is 4.88. The smallest absolute Gasteiger partial charge is 0.189 e. The third-order valence-corrected chi connectivity index (χ3v) is 2.72. The number of nitrogens with zero attached hydrogens (tertiary/aromatic N) is 1. The van der Waals surface area contributed by atoms with Gasteiger partial charge >= 0.3 is 0 Å². The van der Waals surface area contributed by atoms with Crippen LogP contribution in [0.5, 0.6) is 5.75 Å². The van der Waals surface area contributed by atoms with Crippen LogP contribution in [0.15, 0.2) is 29.3 Å². The Morgan fingerprint density at radius 1 is 1.39 bits per heavy atom. The molecule has 98 valence electrons. The van der Waals surface area contributed by atoms with Crippen LogP contribution in [0.25, 0.3) is 0 Å². The van der Waals surface area contributed by atoms with E-state index in [9.17, 15) is 0 Å². The van der Waals surface area contributed by atoms with Gasteiger partial charge in [-0.05, 0) is 26.8 Å². The van der Waals surface area contributed by atoms with Crippen LogP contribution in [0.1, 0.15) is 38.8 Å². The average molecular weight is 247 g/mol. The molecule has 0 radical (unpaired) electrons. The van der Waals surface area contributed by atoms with E-state index in [2.05, 4.69) is 31.1 Å². The molecule has 0 aromatic heterocycles. The Morgan fingerprint density at radius 2 is 2.11 bits per heavy atom. The maximum atomic E-state index is 5.95. The van der Waals surface area contributed by atoms with Gasteiger partial charge in [-0.25, -0.2) is 4.99 Å². The van der Waals surface area contributed by atoms with Crippen LogP contribution in [0.3, 0.4) is 0 Å². The second-order valence-corrected chi connectivity index (χ2v) is 5.58. The van der Waals surface area contributed by atoms with Crippen LogP contribution in [0.4, 0.5) is 0 Å². The molecular weight excluding hydrogens is 226 g/mol. The van der Waals surface area contributed by atoms with Gasteiger partial charge in [-0.3, -0.25) is 0 Å². The molecule has 0 aliphatic carbocycles. The molecule has 0 bridgehead atoms. The van der Waals surface area contributed by atoms with Crippen LogP contribution in [0, 0.1) is 0 Å². The first kappa shape index (κ1) is 12.7. The summed E-state index contributed by atoms with van der Waals surface area (Å²) < 4.78 is 5.61. The molecule has 4 heteroatoms. The highest BCUT2D eigenvalue weighted by molar-refractivity contribution is 5.78. The van der Waals surface area contributed by atoms with Crippen molar-refractivity contribution >= 4 is 5.96 Å². The zero-order chi connectivity index (χ0) is 13.2. The number of benzene rings is 1. The Hall–Kier alpha value is -1.71. The fourth-order valence-electron chi connectivity index (χ4n) is 2.04. The minimum Gasteiger partial charge on any atom is -0.493 e. The molecule has 1 aromatic rings. The van der Waals surface area contributed by atoms with E-state index in [1.807, 2.05) is 24.3 Å². The van der Waals surface area contributed by atoms with E-state index < -0.39 is 0 Å². The summed E-state index contributed by atoms with van der Waals surface area (Å²) in [6.07, 6.45) is 0.865. The summed E-state index contributed by atoms with van der Waals surface area (Å²) in [5, 5.41) is 3.18. The van der Waals surface area contributed by atoms with Crippen molar-refractivity contribution in [1.29, 1.82) is 0 Å². The van der Waals surface area contributed by atoms with Crippen LogP contribution in [-0.2, 0) is 0 Å². The van der Waals surface area contributed by atoms with E-state index in [4.69, 9.17) is 10.5 Å². The van der Waals surface area contributed by atoms with E-state index in [0.717, 1.165) is 17.7 Å². The number of rotatable bonds is 1. The topological polar surface area (TPSA) is 59.6 Å². The highest BCUT2D eigenvalue weighted by Crippen LogP contribution is 2.33. The number of fused-ring (bicyclic) bond motifs is 1. The third kappa shape index (κ3) is 3.15. The fourth-order valence-corrected chi connectivity index (χ4v) is 2.04. The number of nitrogens with one attached hydrogen (secondary N) is 1. The van der Waals surface area contributed by atoms with E-state index in [1.165, 1.54) is 0 Å². The van der Waals surface area contributed by atoms with Crippen LogP contribution >= 0.6 is 0 Å². The Morgan fingerprint density at radius 3 is 2.83 bits per heavy atom. The Labute approximate surface area is 108 Å². The van der Waals surface area contributed by atoms with Crippen molar-refractivity contribution < 1.29 is 4.74 Å². The first-order valence-electron chi connectivity index (χ1n) is 6.29. The summed E-state index contributed by atoms with van der Waals surface area (Å²) in [6, 6.07) is 8.09. The lowest BCUT2D eigenvalue weighted by Crippen LogP contribution is -2.45. The number of hydrogen-bond acceptors (Lipinski definition) is 2. The normalized spacial score (nSPS) is 19.9. The van der Waals surface area contributed by atoms with Crippen LogP contribution in [0.2, 0.25) is 0 Å². The van der Waals surface area contributed by atoms with Crippen molar-refractivity contribution in [2.75, 3.05) is 6.61 Å². The average Bonchev–Trinajstić information content (AvgIpc) is 2.27. The largest absolute Gasteiger partial charge is 0.493 e. The fraction of sp³-hybridized carbons (Fsp3) is 0.500. The zero-order valence-electron chi connectivity index (χ0n) is 11.2. The lowest BCUT2D eigenvalue weighted by atomic mass is 10.0. The maximum absolute atomic E-state index is 5.95. The Kier molecular flexibility index (Phi) is 3.45. The molecule has 2 rings (SSSR count). The monoisotopic (exact) mass is 247 g/mol. The summed E-state index contributed by atoms with van der Waals surface area (Å²) in [7, 11) is 0. The van der Waals surface area contributed by atoms with E-state index >= 15 is 0 Å². The minimum atomic E-state index is -0.0712. The number of ether oxygens (including phenoxy) is 1. The van der Waals surface area contributed by atoms with Gasteiger partial charge in [0.25, 0.3) is 0 Å². The van der Waals surface area contributed by atoms with Gasteiger partial charge in [0.2, 0.25) is 0 Å². The van der Waals surface area contributed by atoms with Crippen molar-refractivity contribution in [2.45, 2.75) is 38.8 Å². The van der Waals surface area contributed by atoms with E-state index in [1.54, 1.807) is 0 Å². The highest BCUT2D eigenvalue weighted by Gasteiger charge is 2.21. The predicted octanol–water partition coefficient (Wildman–Crippen LogP) is 2.21. The van der Waals surface area contributed by atoms with Crippen LogP contribution < -0.4 is 15.8 Å². The first-order chi connectivity index (χ1) is 8.46. The molecule has 0 saturated heterocycles. The number of aliphatic imine (C=N–C) groups is 1. The highest BCUT2D eigenvalue weighted by atomic mass is 16.5. The SMILES string of the molecule is CC(C)(C)NC(N)=NC1CCOc2ccccc21. The lowest BCUT2D eigenvalue weighted by Gasteiger charge is -2.25. The molecule has 4 nitrogen and oxygen atoms in total. The molecule has 1 heterocycles. The summed E-state index contributed by atoms with van der Waals surface area (Å²) in [5.74, 6) is 1.41. The Bertz CT molecular complexity index is 449. The maximum Gasteiger partial charge on any atom is 0.189 e. The second-order valence-electron chi connectivity index (χ2n) is 5.58. The molecule has 18 heavy (non-hydrogen) atoms. The quantitative estimate of drug-likeness (QED) is 0.591. The first-order valence-corrected chi connectivity index (χ1v) is 6.29. The summed E-state index contributed by atoms with van der Waals surface area (Å²) in [4.78, 5) is 4.57. The molecule has 0 fully saturated rings. The molecule has 1 unspecified atom stereocenters. The molecule has 3 N–H and O–H groups in total. The zero-order valence-corrected chi connectivity index (χ0v) is 11.2. The summed E-state index contributed by atoms with van der Waals surface area (Å²) in [5.41, 5.74) is 6.99. The van der Waals surface area contributed by atoms with Gasteiger partial charge in [-0.1, -0.05) is 18.2 Å². The van der Waals surface area contributed by atoms with Gasteiger partial charge < -0.3 is 15.8 Å². The van der Waals surface area contributed by atoms with Crippen molar-refractivity contribution in [3.8, 4) is 5.75 Å². The standard InChI is InChI=1S/C14H21N3O/c1-14(2,3)17-13(15)16-11-8-9-18-12-7-5-4-6-10(11)12/h4-7,11H,8-9H2,1-3H3,(H3,15,16,17). The Balaban J connectivity index is 2.18. The van der Waals surface area contributed by atoms with E-state index in [0.29, 0.717) is 12.6 Å². The predicted molar refractivity (Wildman–Crippen MR) is 73.8 cm³/mol. The van der Waals surface area contributed by atoms with Crippen LogP contribution in [-0.4, -0.2) is 18.1 Å². The number of nitrogens with two attached hydrogens (primary N) is 1. The van der Waals surface area contributed by atoms with Crippen molar-refractivity contribution in [1.82, 2.24) is 5.32 Å².